The largest absolute Gasteiger partial charge is 0.496 e. The molecule has 3 rings (SSSR count). The van der Waals surface area contributed by atoms with Gasteiger partial charge in [0.05, 0.1) is 23.3 Å². The Bertz CT molecular complexity index is 1110. The second kappa shape index (κ2) is 7.86. The van der Waals surface area contributed by atoms with Crippen molar-refractivity contribution in [2.45, 2.75) is 18.7 Å². The van der Waals surface area contributed by atoms with E-state index in [1.807, 2.05) is 13.0 Å². The molecular weight excluding hydrogens is 374 g/mol. The minimum Gasteiger partial charge on any atom is -0.496 e. The van der Waals surface area contributed by atoms with Gasteiger partial charge in [-0.3, -0.25) is 4.79 Å². The first-order chi connectivity index (χ1) is 13.4. The van der Waals surface area contributed by atoms with Crippen LogP contribution in [0.5, 0.6) is 5.75 Å². The molecule has 3 aromatic rings. The van der Waals surface area contributed by atoms with Gasteiger partial charge in [-0.2, -0.15) is 4.31 Å². The third-order valence-electron chi connectivity index (χ3n) is 4.60. The van der Waals surface area contributed by atoms with Gasteiger partial charge in [-0.25, -0.2) is 8.42 Å². The number of hydrogen-bond donors (Lipinski definition) is 0. The number of anilines is 1. The number of sulfonamides is 1. The van der Waals surface area contributed by atoms with Crippen molar-refractivity contribution in [3.05, 3.63) is 89.5 Å². The molecular formula is C22H21NO4S. The van der Waals surface area contributed by atoms with Crippen molar-refractivity contribution in [2.24, 2.45) is 0 Å². The maximum atomic E-state index is 13.5. The fraction of sp³-hybridized carbons (Fsp3) is 0.136. The summed E-state index contributed by atoms with van der Waals surface area (Å²) < 4.78 is 33.1. The van der Waals surface area contributed by atoms with Crippen LogP contribution in [0.1, 0.15) is 21.5 Å². The average molecular weight is 395 g/mol. The molecule has 0 saturated carbocycles. The van der Waals surface area contributed by atoms with Crippen LogP contribution < -0.4 is 9.04 Å². The molecule has 0 aliphatic carbocycles. The van der Waals surface area contributed by atoms with Crippen LogP contribution in [0.4, 0.5) is 5.69 Å². The number of hydrogen-bond acceptors (Lipinski definition) is 4. The lowest BCUT2D eigenvalue weighted by Crippen LogP contribution is -2.37. The summed E-state index contributed by atoms with van der Waals surface area (Å²) in [4.78, 5) is 13.5. The van der Waals surface area contributed by atoms with Gasteiger partial charge in [-0.15, -0.1) is 0 Å². The quantitative estimate of drug-likeness (QED) is 0.644. The number of aryl methyl sites for hydroxylation is 1. The number of methoxy groups -OCH3 is 1. The van der Waals surface area contributed by atoms with Gasteiger partial charge in [0, 0.05) is 0 Å². The van der Waals surface area contributed by atoms with Gasteiger partial charge in [0.2, 0.25) is 0 Å². The van der Waals surface area contributed by atoms with Crippen LogP contribution in [0.15, 0.2) is 77.7 Å². The number of ether oxygens (including phenoxy) is 1. The number of benzene rings is 3. The molecule has 0 saturated heterocycles. The minimum atomic E-state index is -4.14. The Hall–Kier alpha value is -3.12. The van der Waals surface area contributed by atoms with E-state index in [9.17, 15) is 13.2 Å². The van der Waals surface area contributed by atoms with Crippen molar-refractivity contribution >= 4 is 21.6 Å². The minimum absolute atomic E-state index is 0.0409. The maximum Gasteiger partial charge on any atom is 0.276 e. The number of carbonyl (C=O) groups excluding carboxylic acids is 1. The number of rotatable bonds is 5. The number of amides is 1. The van der Waals surface area contributed by atoms with Gasteiger partial charge >= 0.3 is 0 Å². The molecule has 0 fully saturated rings. The summed E-state index contributed by atoms with van der Waals surface area (Å²) in [5.41, 5.74) is 2.09. The Morgan fingerprint density at radius 1 is 0.857 bits per heavy atom. The highest BCUT2D eigenvalue weighted by molar-refractivity contribution is 7.93. The fourth-order valence-electron chi connectivity index (χ4n) is 2.93. The van der Waals surface area contributed by atoms with Gasteiger partial charge in [0.25, 0.3) is 15.9 Å². The van der Waals surface area contributed by atoms with Gasteiger partial charge in [0.15, 0.2) is 0 Å². The summed E-state index contributed by atoms with van der Waals surface area (Å²) >= 11 is 0. The third-order valence-corrected chi connectivity index (χ3v) is 6.31. The zero-order chi connectivity index (χ0) is 20.3. The molecule has 0 unspecified atom stereocenters. The van der Waals surface area contributed by atoms with Crippen molar-refractivity contribution in [1.82, 2.24) is 0 Å². The maximum absolute atomic E-state index is 13.5. The Balaban J connectivity index is 2.26. The second-order valence-corrected chi connectivity index (χ2v) is 8.09. The van der Waals surface area contributed by atoms with E-state index < -0.39 is 15.9 Å². The van der Waals surface area contributed by atoms with E-state index in [1.54, 1.807) is 61.5 Å². The Kier molecular flexibility index (Phi) is 5.51. The molecule has 144 valence electrons. The Morgan fingerprint density at radius 3 is 2.18 bits per heavy atom. The Morgan fingerprint density at radius 2 is 1.50 bits per heavy atom. The topological polar surface area (TPSA) is 63.7 Å². The summed E-state index contributed by atoms with van der Waals surface area (Å²) in [5.74, 6) is -0.360. The van der Waals surface area contributed by atoms with Crippen LogP contribution in [0.2, 0.25) is 0 Å². The number of carbonyl (C=O) groups is 1. The van der Waals surface area contributed by atoms with E-state index in [0.29, 0.717) is 17.0 Å². The first-order valence-corrected chi connectivity index (χ1v) is 10.2. The summed E-state index contributed by atoms with van der Waals surface area (Å²) in [5, 5.41) is 0. The first kappa shape index (κ1) is 19.6. The molecule has 0 atom stereocenters. The van der Waals surface area contributed by atoms with E-state index in [4.69, 9.17) is 4.74 Å². The fourth-order valence-corrected chi connectivity index (χ4v) is 4.42. The summed E-state index contributed by atoms with van der Waals surface area (Å²) in [7, 11) is -2.69. The Labute approximate surface area is 165 Å². The SMILES string of the molecule is COc1ccccc1C(=O)N(c1cccc(C)c1C)S(=O)(=O)c1ccccc1. The molecule has 0 N–H and O–H groups in total. The van der Waals surface area contributed by atoms with Crippen LogP contribution in [-0.4, -0.2) is 21.4 Å². The first-order valence-electron chi connectivity index (χ1n) is 8.72. The number of nitrogens with zero attached hydrogens (tertiary/aromatic N) is 1. The van der Waals surface area contributed by atoms with Gasteiger partial charge < -0.3 is 4.74 Å². The van der Waals surface area contributed by atoms with E-state index in [2.05, 4.69) is 0 Å². The molecule has 0 bridgehead atoms. The highest BCUT2D eigenvalue weighted by atomic mass is 32.2. The third kappa shape index (κ3) is 3.51. The lowest BCUT2D eigenvalue weighted by Gasteiger charge is -2.25. The highest BCUT2D eigenvalue weighted by Gasteiger charge is 2.34. The van der Waals surface area contributed by atoms with E-state index in [-0.39, 0.29) is 10.5 Å². The molecule has 5 nitrogen and oxygen atoms in total. The normalized spacial score (nSPS) is 11.1. The van der Waals surface area contributed by atoms with Crippen molar-refractivity contribution in [1.29, 1.82) is 0 Å². The van der Waals surface area contributed by atoms with Crippen molar-refractivity contribution < 1.29 is 17.9 Å². The van der Waals surface area contributed by atoms with Crippen LogP contribution in [0.3, 0.4) is 0 Å². The van der Waals surface area contributed by atoms with Crippen LogP contribution in [-0.2, 0) is 10.0 Å². The van der Waals surface area contributed by atoms with Crippen LogP contribution in [0.25, 0.3) is 0 Å². The number of para-hydroxylation sites is 1. The molecule has 0 aromatic heterocycles. The summed E-state index contributed by atoms with van der Waals surface area (Å²) in [6, 6.07) is 19.8. The summed E-state index contributed by atoms with van der Waals surface area (Å²) in [6.45, 7) is 3.67. The molecule has 0 aliphatic heterocycles. The molecule has 0 heterocycles. The lowest BCUT2D eigenvalue weighted by molar-refractivity contribution is 0.100. The molecule has 3 aromatic carbocycles. The molecule has 6 heteroatoms. The molecule has 0 spiro atoms. The molecule has 0 aliphatic rings. The lowest BCUT2D eigenvalue weighted by atomic mass is 10.1. The standard InChI is InChI=1S/C22H21NO4S/c1-16-10-9-14-20(17(16)2)23(28(25,26)18-11-5-4-6-12-18)22(24)19-13-7-8-15-21(19)27-3/h4-15H,1-3H3. The predicted molar refractivity (Wildman–Crippen MR) is 109 cm³/mol. The summed E-state index contributed by atoms with van der Waals surface area (Å²) in [6.07, 6.45) is 0. The monoisotopic (exact) mass is 395 g/mol. The van der Waals surface area contributed by atoms with Gasteiger partial charge in [0.1, 0.15) is 5.75 Å². The molecule has 0 radical (unpaired) electrons. The van der Waals surface area contributed by atoms with Gasteiger partial charge in [-0.05, 0) is 55.3 Å². The van der Waals surface area contributed by atoms with Crippen molar-refractivity contribution in [3.8, 4) is 5.75 Å². The highest BCUT2D eigenvalue weighted by Crippen LogP contribution is 2.32. The zero-order valence-electron chi connectivity index (χ0n) is 15.9. The smallest absolute Gasteiger partial charge is 0.276 e. The second-order valence-electron chi connectivity index (χ2n) is 6.31. The van der Waals surface area contributed by atoms with Crippen LogP contribution in [0, 0.1) is 13.8 Å². The van der Waals surface area contributed by atoms with E-state index in [0.717, 1.165) is 9.87 Å². The van der Waals surface area contributed by atoms with E-state index in [1.165, 1.54) is 19.2 Å². The van der Waals surface area contributed by atoms with E-state index >= 15 is 0 Å². The van der Waals surface area contributed by atoms with Crippen LogP contribution >= 0.6 is 0 Å². The van der Waals surface area contributed by atoms with Gasteiger partial charge in [-0.1, -0.05) is 42.5 Å². The van der Waals surface area contributed by atoms with Crippen molar-refractivity contribution in [3.63, 3.8) is 0 Å². The molecule has 1 amide bonds. The zero-order valence-corrected chi connectivity index (χ0v) is 16.7. The average Bonchev–Trinajstić information content (AvgIpc) is 2.71. The molecule has 28 heavy (non-hydrogen) atoms. The predicted octanol–water partition coefficient (Wildman–Crippen LogP) is 4.35. The van der Waals surface area contributed by atoms with Crippen molar-refractivity contribution in [2.75, 3.05) is 11.4 Å².